The molecule has 0 saturated heterocycles. The van der Waals surface area contributed by atoms with Gasteiger partial charge in [-0.05, 0) is 72.7 Å². The maximum Gasteiger partial charge on any atom is 0.159 e. The highest BCUT2D eigenvalue weighted by Crippen LogP contribution is 2.22. The summed E-state index contributed by atoms with van der Waals surface area (Å²) in [6.07, 6.45) is 1.12. The highest BCUT2D eigenvalue weighted by Gasteiger charge is 2.10. The lowest BCUT2D eigenvalue weighted by atomic mass is 10.1. The van der Waals surface area contributed by atoms with Gasteiger partial charge in [0.05, 0.1) is 6.61 Å². The van der Waals surface area contributed by atoms with Gasteiger partial charge in [-0.3, -0.25) is 4.79 Å². The van der Waals surface area contributed by atoms with Crippen LogP contribution >= 0.6 is 0 Å². The average molecular weight is 292 g/mol. The third-order valence-electron chi connectivity index (χ3n) is 3.35. The van der Waals surface area contributed by atoms with E-state index in [1.807, 2.05) is 25.1 Å². The highest BCUT2D eigenvalue weighted by atomic mass is 16.5. The number of hydrogen-bond acceptors (Lipinski definition) is 4. The van der Waals surface area contributed by atoms with E-state index in [9.17, 15) is 4.79 Å². The normalized spacial score (nSPS) is 11.2. The van der Waals surface area contributed by atoms with E-state index in [2.05, 4.69) is 30.9 Å². The third kappa shape index (κ3) is 6.27. The lowest BCUT2D eigenvalue weighted by Gasteiger charge is -2.20. The topological polar surface area (TPSA) is 32.8 Å². The smallest absolute Gasteiger partial charge is 0.159 e. The number of carbonyl (C=O) groups excluding carboxylic acids is 1. The number of hydrogen-bond donors (Lipinski definition) is 0. The van der Waals surface area contributed by atoms with Crippen LogP contribution in [0.15, 0.2) is 18.2 Å². The lowest BCUT2D eigenvalue weighted by Crippen LogP contribution is -2.23. The SMILES string of the molecule is CCOc1ccc(C(C)=O)cc1CN(C)CCCN(C)C. The number of nitrogens with zero attached hydrogens (tertiary/aromatic N) is 2. The Labute approximate surface area is 128 Å². The standard InChI is InChI=1S/C17H28N2O2/c1-6-21-17-9-8-15(14(2)20)12-16(17)13-19(5)11-7-10-18(3)4/h8-9,12H,6-7,10-11,13H2,1-5H3. The molecule has 0 fully saturated rings. The van der Waals surface area contributed by atoms with Crippen LogP contribution in [0.2, 0.25) is 0 Å². The lowest BCUT2D eigenvalue weighted by molar-refractivity contribution is 0.101. The van der Waals surface area contributed by atoms with E-state index in [4.69, 9.17) is 4.74 Å². The van der Waals surface area contributed by atoms with Crippen LogP contribution in [0.4, 0.5) is 0 Å². The minimum absolute atomic E-state index is 0.0922. The second-order valence-corrected chi connectivity index (χ2v) is 5.71. The molecule has 0 amide bonds. The fraction of sp³-hybridized carbons (Fsp3) is 0.588. The molecule has 0 unspecified atom stereocenters. The molecule has 4 heteroatoms. The van der Waals surface area contributed by atoms with Crippen molar-refractivity contribution < 1.29 is 9.53 Å². The fourth-order valence-corrected chi connectivity index (χ4v) is 2.25. The first-order chi connectivity index (χ1) is 9.93. The van der Waals surface area contributed by atoms with Crippen LogP contribution in [0, 0.1) is 0 Å². The summed E-state index contributed by atoms with van der Waals surface area (Å²) in [6, 6.07) is 5.70. The van der Waals surface area contributed by atoms with Gasteiger partial charge in [-0.2, -0.15) is 0 Å². The minimum Gasteiger partial charge on any atom is -0.494 e. The van der Waals surface area contributed by atoms with Gasteiger partial charge in [0.15, 0.2) is 5.78 Å². The Kier molecular flexibility index (Phi) is 7.40. The molecule has 0 aliphatic rings. The number of ether oxygens (including phenoxy) is 1. The van der Waals surface area contributed by atoms with Gasteiger partial charge in [0.1, 0.15) is 5.75 Å². The molecule has 1 rings (SSSR count). The van der Waals surface area contributed by atoms with Gasteiger partial charge in [0.25, 0.3) is 0 Å². The molecule has 0 atom stereocenters. The molecule has 0 radical (unpaired) electrons. The van der Waals surface area contributed by atoms with Gasteiger partial charge >= 0.3 is 0 Å². The van der Waals surface area contributed by atoms with E-state index < -0.39 is 0 Å². The minimum atomic E-state index is 0.0922. The molecule has 0 aliphatic heterocycles. The van der Waals surface area contributed by atoms with Crippen molar-refractivity contribution >= 4 is 5.78 Å². The van der Waals surface area contributed by atoms with Crippen molar-refractivity contribution in [1.82, 2.24) is 9.80 Å². The zero-order valence-electron chi connectivity index (χ0n) is 14.0. The van der Waals surface area contributed by atoms with Crippen molar-refractivity contribution in [2.24, 2.45) is 0 Å². The van der Waals surface area contributed by atoms with Crippen LogP contribution in [0.25, 0.3) is 0 Å². The summed E-state index contributed by atoms with van der Waals surface area (Å²) in [6.45, 7) is 7.11. The summed E-state index contributed by atoms with van der Waals surface area (Å²) in [7, 11) is 6.28. The molecule has 0 aromatic heterocycles. The molecule has 21 heavy (non-hydrogen) atoms. The molecule has 1 aromatic carbocycles. The van der Waals surface area contributed by atoms with E-state index in [1.165, 1.54) is 0 Å². The van der Waals surface area contributed by atoms with Crippen LogP contribution in [0.3, 0.4) is 0 Å². The Hall–Kier alpha value is -1.39. The maximum absolute atomic E-state index is 11.5. The third-order valence-corrected chi connectivity index (χ3v) is 3.35. The van der Waals surface area contributed by atoms with Crippen LogP contribution in [0.1, 0.15) is 36.2 Å². The van der Waals surface area contributed by atoms with Crippen molar-refractivity contribution in [1.29, 1.82) is 0 Å². The Bertz CT molecular complexity index is 458. The van der Waals surface area contributed by atoms with Crippen LogP contribution in [0.5, 0.6) is 5.75 Å². The van der Waals surface area contributed by atoms with Crippen LogP contribution < -0.4 is 4.74 Å². The summed E-state index contributed by atoms with van der Waals surface area (Å²) >= 11 is 0. The zero-order valence-corrected chi connectivity index (χ0v) is 14.0. The summed E-state index contributed by atoms with van der Waals surface area (Å²) in [5.74, 6) is 0.969. The molecule has 0 aliphatic carbocycles. The van der Waals surface area contributed by atoms with Crippen molar-refractivity contribution in [3.8, 4) is 5.75 Å². The first-order valence-corrected chi connectivity index (χ1v) is 7.54. The van der Waals surface area contributed by atoms with Crippen LogP contribution in [-0.4, -0.2) is 56.4 Å². The summed E-state index contributed by atoms with van der Waals surface area (Å²) in [4.78, 5) is 16.0. The molecule has 0 bridgehead atoms. The van der Waals surface area contributed by atoms with Crippen molar-refractivity contribution in [3.05, 3.63) is 29.3 Å². The largest absolute Gasteiger partial charge is 0.494 e. The predicted molar refractivity (Wildman–Crippen MR) is 87.1 cm³/mol. The second kappa shape index (κ2) is 8.80. The monoisotopic (exact) mass is 292 g/mol. The van der Waals surface area contributed by atoms with Crippen molar-refractivity contribution in [2.45, 2.75) is 26.8 Å². The zero-order chi connectivity index (χ0) is 15.8. The first kappa shape index (κ1) is 17.7. The number of ketones is 1. The van der Waals surface area contributed by atoms with E-state index in [0.29, 0.717) is 6.61 Å². The Balaban J connectivity index is 2.73. The van der Waals surface area contributed by atoms with Gasteiger partial charge in [-0.1, -0.05) is 0 Å². The number of rotatable bonds is 9. The van der Waals surface area contributed by atoms with Crippen molar-refractivity contribution in [2.75, 3.05) is 40.8 Å². The Morgan fingerprint density at radius 2 is 1.90 bits per heavy atom. The van der Waals surface area contributed by atoms with Crippen LogP contribution in [-0.2, 0) is 6.54 Å². The summed E-state index contributed by atoms with van der Waals surface area (Å²) < 4.78 is 5.67. The predicted octanol–water partition coefficient (Wildman–Crippen LogP) is 2.67. The number of Topliss-reactive ketones (excluding diaryl/α,β-unsaturated/α-hetero) is 1. The van der Waals surface area contributed by atoms with E-state index in [0.717, 1.165) is 42.9 Å². The molecule has 4 nitrogen and oxygen atoms in total. The summed E-state index contributed by atoms with van der Waals surface area (Å²) in [5, 5.41) is 0. The molecule has 0 saturated carbocycles. The van der Waals surface area contributed by atoms with E-state index >= 15 is 0 Å². The van der Waals surface area contributed by atoms with E-state index in [-0.39, 0.29) is 5.78 Å². The molecular weight excluding hydrogens is 264 g/mol. The molecule has 0 heterocycles. The van der Waals surface area contributed by atoms with Gasteiger partial charge in [-0.25, -0.2) is 0 Å². The molecular formula is C17H28N2O2. The number of carbonyl (C=O) groups is 1. The fourth-order valence-electron chi connectivity index (χ4n) is 2.25. The highest BCUT2D eigenvalue weighted by molar-refractivity contribution is 5.94. The first-order valence-electron chi connectivity index (χ1n) is 7.54. The Morgan fingerprint density at radius 1 is 1.19 bits per heavy atom. The quantitative estimate of drug-likeness (QED) is 0.655. The summed E-state index contributed by atoms with van der Waals surface area (Å²) in [5.41, 5.74) is 1.83. The number of benzene rings is 1. The van der Waals surface area contributed by atoms with Gasteiger partial charge in [0, 0.05) is 17.7 Å². The van der Waals surface area contributed by atoms with Gasteiger partial charge < -0.3 is 14.5 Å². The molecule has 118 valence electrons. The second-order valence-electron chi connectivity index (χ2n) is 5.71. The van der Waals surface area contributed by atoms with E-state index in [1.54, 1.807) is 6.92 Å². The van der Waals surface area contributed by atoms with Gasteiger partial charge in [-0.15, -0.1) is 0 Å². The molecule has 1 aromatic rings. The Morgan fingerprint density at radius 3 is 2.48 bits per heavy atom. The van der Waals surface area contributed by atoms with Crippen molar-refractivity contribution in [3.63, 3.8) is 0 Å². The maximum atomic E-state index is 11.5. The van der Waals surface area contributed by atoms with Gasteiger partial charge in [0.2, 0.25) is 0 Å². The average Bonchev–Trinajstić information content (AvgIpc) is 2.40. The molecule has 0 N–H and O–H groups in total. The molecule has 0 spiro atoms.